The molecule has 5 rings (SSSR count). The van der Waals surface area contributed by atoms with Gasteiger partial charge in [0.1, 0.15) is 5.82 Å². The van der Waals surface area contributed by atoms with Gasteiger partial charge in [0.05, 0.1) is 5.56 Å². The van der Waals surface area contributed by atoms with Crippen LogP contribution in [-0.4, -0.2) is 61.6 Å². The van der Waals surface area contributed by atoms with E-state index in [2.05, 4.69) is 24.5 Å². The normalized spacial score (nSPS) is 20.2. The molecular weight excluding hydrogens is 439 g/mol. The van der Waals surface area contributed by atoms with Gasteiger partial charge in [-0.3, -0.25) is 4.79 Å². The van der Waals surface area contributed by atoms with Gasteiger partial charge >= 0.3 is 0 Å². The van der Waals surface area contributed by atoms with E-state index in [1.807, 2.05) is 25.1 Å². The van der Waals surface area contributed by atoms with Gasteiger partial charge in [0.25, 0.3) is 5.91 Å². The molecule has 33 heavy (non-hydrogen) atoms. The zero-order valence-corrected chi connectivity index (χ0v) is 20.3. The van der Waals surface area contributed by atoms with Crippen molar-refractivity contribution >= 4 is 34.2 Å². The lowest BCUT2D eigenvalue weighted by molar-refractivity contribution is 0.0947. The summed E-state index contributed by atoms with van der Waals surface area (Å²) in [5.41, 5.74) is 1.04. The number of carbonyl (C=O) groups is 1. The molecule has 2 saturated heterocycles. The largest absolute Gasteiger partial charge is 0.371 e. The molecule has 1 aromatic carbocycles. The molecule has 0 radical (unpaired) electrons. The third kappa shape index (κ3) is 5.08. The van der Waals surface area contributed by atoms with Crippen molar-refractivity contribution in [2.75, 3.05) is 55.0 Å². The van der Waals surface area contributed by atoms with Gasteiger partial charge in [0, 0.05) is 63.5 Å². The molecular formula is C24H33FN6OS. The predicted octanol–water partition coefficient (Wildman–Crippen LogP) is 3.77. The molecule has 0 spiro atoms. The van der Waals surface area contributed by atoms with Crippen LogP contribution in [0.2, 0.25) is 0 Å². The zero-order chi connectivity index (χ0) is 22.9. The van der Waals surface area contributed by atoms with E-state index >= 15 is 0 Å². The fourth-order valence-electron chi connectivity index (χ4n) is 5.09. The number of aromatic nitrogens is 2. The average molecular weight is 473 g/mol. The number of benzene rings is 1. The van der Waals surface area contributed by atoms with E-state index in [0.717, 1.165) is 80.5 Å². The Morgan fingerprint density at radius 3 is 2.21 bits per heavy atom. The molecule has 3 heterocycles. The second-order valence-corrected chi connectivity index (χ2v) is 10.6. The molecule has 0 unspecified atom stereocenters. The Kier molecular flexibility index (Phi) is 6.40. The van der Waals surface area contributed by atoms with E-state index < -0.39 is 5.82 Å². The molecule has 0 atom stereocenters. The van der Waals surface area contributed by atoms with E-state index in [4.69, 9.17) is 0 Å². The highest BCUT2D eigenvalue weighted by Gasteiger charge is 2.31. The number of nitrogens with one attached hydrogen (secondary N) is 1. The van der Waals surface area contributed by atoms with Crippen molar-refractivity contribution in [2.45, 2.75) is 44.6 Å². The molecule has 0 bridgehead atoms. The van der Waals surface area contributed by atoms with Crippen molar-refractivity contribution in [1.82, 2.24) is 14.7 Å². The molecule has 2 aromatic rings. The second-order valence-electron chi connectivity index (χ2n) is 9.83. The minimum Gasteiger partial charge on any atom is -0.371 e. The summed E-state index contributed by atoms with van der Waals surface area (Å²) in [6, 6.07) is 5.30. The van der Waals surface area contributed by atoms with Crippen molar-refractivity contribution in [3.8, 4) is 0 Å². The van der Waals surface area contributed by atoms with Crippen LogP contribution in [0.5, 0.6) is 0 Å². The lowest BCUT2D eigenvalue weighted by atomic mass is 9.79. The van der Waals surface area contributed by atoms with Crippen molar-refractivity contribution in [2.24, 2.45) is 11.8 Å². The van der Waals surface area contributed by atoms with Crippen LogP contribution in [0.4, 0.5) is 21.2 Å². The third-order valence-corrected chi connectivity index (χ3v) is 8.06. The van der Waals surface area contributed by atoms with Crippen LogP contribution in [0.15, 0.2) is 18.2 Å². The van der Waals surface area contributed by atoms with Gasteiger partial charge in [-0.2, -0.15) is 9.36 Å². The fraction of sp³-hybridized carbons (Fsp3) is 0.625. The Morgan fingerprint density at radius 1 is 1.03 bits per heavy atom. The SMILES string of the molecule is CN(C)c1nsc(N2CCC(C3CCN(c4ccc(C(=O)NC5CC5)c(F)c4)CC3)CC2)n1. The molecule has 1 amide bonds. The van der Waals surface area contributed by atoms with Crippen molar-refractivity contribution in [1.29, 1.82) is 0 Å². The van der Waals surface area contributed by atoms with Gasteiger partial charge in [0.15, 0.2) is 0 Å². The van der Waals surface area contributed by atoms with E-state index in [1.54, 1.807) is 6.07 Å². The first-order valence-electron chi connectivity index (χ1n) is 12.1. The molecule has 7 nitrogen and oxygen atoms in total. The van der Waals surface area contributed by atoms with Gasteiger partial charge in [-0.1, -0.05) is 0 Å². The maximum Gasteiger partial charge on any atom is 0.254 e. The maximum atomic E-state index is 14.6. The molecule has 9 heteroatoms. The fourth-order valence-corrected chi connectivity index (χ4v) is 5.87. The number of amides is 1. The van der Waals surface area contributed by atoms with E-state index in [9.17, 15) is 9.18 Å². The van der Waals surface area contributed by atoms with Crippen molar-refractivity contribution in [3.63, 3.8) is 0 Å². The van der Waals surface area contributed by atoms with Gasteiger partial charge in [0.2, 0.25) is 11.1 Å². The Bertz CT molecular complexity index is 977. The molecule has 1 aliphatic carbocycles. The van der Waals surface area contributed by atoms with E-state index in [-0.39, 0.29) is 17.5 Å². The minimum absolute atomic E-state index is 0.153. The van der Waals surface area contributed by atoms with Crippen LogP contribution < -0.4 is 20.0 Å². The van der Waals surface area contributed by atoms with Crippen LogP contribution in [0.3, 0.4) is 0 Å². The smallest absolute Gasteiger partial charge is 0.254 e. The van der Waals surface area contributed by atoms with Gasteiger partial charge in [-0.25, -0.2) is 4.39 Å². The van der Waals surface area contributed by atoms with Gasteiger partial charge in [-0.15, -0.1) is 0 Å². The first-order valence-corrected chi connectivity index (χ1v) is 12.9. The van der Waals surface area contributed by atoms with Crippen molar-refractivity contribution in [3.05, 3.63) is 29.6 Å². The highest BCUT2D eigenvalue weighted by Crippen LogP contribution is 2.36. The zero-order valence-electron chi connectivity index (χ0n) is 19.5. The highest BCUT2D eigenvalue weighted by atomic mass is 32.1. The summed E-state index contributed by atoms with van der Waals surface area (Å²) in [6.07, 6.45) is 6.67. The quantitative estimate of drug-likeness (QED) is 0.691. The van der Waals surface area contributed by atoms with Crippen LogP contribution >= 0.6 is 11.5 Å². The van der Waals surface area contributed by atoms with Crippen LogP contribution in [-0.2, 0) is 0 Å². The summed E-state index contributed by atoms with van der Waals surface area (Å²) < 4.78 is 19.0. The molecule has 1 saturated carbocycles. The van der Waals surface area contributed by atoms with Crippen LogP contribution in [0.25, 0.3) is 0 Å². The topological polar surface area (TPSA) is 64.6 Å². The first-order chi connectivity index (χ1) is 16.0. The van der Waals surface area contributed by atoms with Gasteiger partial charge in [-0.05, 0) is 68.6 Å². The Morgan fingerprint density at radius 2 is 1.67 bits per heavy atom. The summed E-state index contributed by atoms with van der Waals surface area (Å²) in [4.78, 5) is 23.4. The van der Waals surface area contributed by atoms with Crippen LogP contribution in [0.1, 0.15) is 48.9 Å². The lowest BCUT2D eigenvalue weighted by Gasteiger charge is -2.40. The molecule has 3 aliphatic rings. The second kappa shape index (κ2) is 9.44. The predicted molar refractivity (Wildman–Crippen MR) is 131 cm³/mol. The number of carbonyl (C=O) groups excluding carboxylic acids is 1. The third-order valence-electron chi connectivity index (χ3n) is 7.30. The number of rotatable bonds is 6. The first kappa shape index (κ1) is 22.4. The Balaban J connectivity index is 1.11. The van der Waals surface area contributed by atoms with Gasteiger partial charge < -0.3 is 20.0 Å². The summed E-state index contributed by atoms with van der Waals surface area (Å²) >= 11 is 1.49. The number of piperidine rings is 2. The number of halogens is 1. The molecule has 3 fully saturated rings. The van der Waals surface area contributed by atoms with Crippen molar-refractivity contribution < 1.29 is 9.18 Å². The monoisotopic (exact) mass is 472 g/mol. The summed E-state index contributed by atoms with van der Waals surface area (Å²) in [5.74, 6) is 1.54. The van der Waals surface area contributed by atoms with E-state index in [1.165, 1.54) is 30.4 Å². The Hall–Kier alpha value is -2.42. The average Bonchev–Trinajstić information content (AvgIpc) is 3.49. The maximum absolute atomic E-state index is 14.6. The summed E-state index contributed by atoms with van der Waals surface area (Å²) in [7, 11) is 3.94. The minimum atomic E-state index is -0.422. The van der Waals surface area contributed by atoms with E-state index in [0.29, 0.717) is 0 Å². The number of hydrogen-bond acceptors (Lipinski definition) is 7. The molecule has 1 N–H and O–H groups in total. The molecule has 1 aromatic heterocycles. The number of hydrogen-bond donors (Lipinski definition) is 1. The number of anilines is 3. The highest BCUT2D eigenvalue weighted by molar-refractivity contribution is 7.09. The number of nitrogens with zero attached hydrogens (tertiary/aromatic N) is 5. The summed E-state index contributed by atoms with van der Waals surface area (Å²) in [6.45, 7) is 3.98. The molecule has 178 valence electrons. The summed E-state index contributed by atoms with van der Waals surface area (Å²) in [5, 5.41) is 3.90. The standard InChI is InChI=1S/C24H33FN6OS/c1-29(2)23-27-24(33-28-23)31-13-9-17(10-14-31)16-7-11-30(12-8-16)19-5-6-20(21(25)15-19)22(32)26-18-3-4-18/h5-6,15-18H,3-4,7-14H2,1-2H3,(H,26,32). The van der Waals surface area contributed by atoms with Crippen LogP contribution in [0, 0.1) is 17.7 Å². The Labute approximate surface area is 199 Å². The molecule has 2 aliphatic heterocycles. The lowest BCUT2D eigenvalue weighted by Crippen LogP contribution is -2.41.